The summed E-state index contributed by atoms with van der Waals surface area (Å²) in [6.07, 6.45) is 0.147. The first-order valence-electron chi connectivity index (χ1n) is 5.61. The van der Waals surface area contributed by atoms with E-state index in [1.807, 2.05) is 27.7 Å². The first kappa shape index (κ1) is 14.9. The van der Waals surface area contributed by atoms with Crippen molar-refractivity contribution in [2.45, 2.75) is 47.0 Å². The molecule has 0 atom stereocenters. The topological polar surface area (TPSA) is 80.3 Å². The van der Waals surface area contributed by atoms with E-state index in [-0.39, 0.29) is 11.8 Å². The number of carboxylic acids is 2. The molecule has 0 heterocycles. The molecule has 0 saturated carbocycles. The van der Waals surface area contributed by atoms with E-state index in [1.54, 1.807) is 0 Å². The minimum Gasteiger partial charge on any atom is -0.550 e. The van der Waals surface area contributed by atoms with Crippen molar-refractivity contribution in [1.82, 2.24) is 0 Å². The van der Waals surface area contributed by atoms with E-state index in [9.17, 15) is 19.8 Å². The number of carbonyl (C=O) groups excluding carboxylic acids is 2. The summed E-state index contributed by atoms with van der Waals surface area (Å²) in [5.74, 6) is -2.39. The van der Waals surface area contributed by atoms with E-state index < -0.39 is 23.8 Å². The molecule has 4 heteroatoms. The third-order valence-electron chi connectivity index (χ3n) is 2.51. The van der Waals surface area contributed by atoms with Crippen LogP contribution in [-0.4, -0.2) is 11.9 Å². The molecule has 0 fully saturated rings. The summed E-state index contributed by atoms with van der Waals surface area (Å²) in [6.45, 7) is 7.47. The molecule has 0 rings (SSSR count). The summed E-state index contributed by atoms with van der Waals surface area (Å²) in [6, 6.07) is 0. The Labute approximate surface area is 96.7 Å². The van der Waals surface area contributed by atoms with Crippen molar-refractivity contribution in [2.24, 2.45) is 17.3 Å². The fraction of sp³-hybridized carbons (Fsp3) is 0.833. The van der Waals surface area contributed by atoms with E-state index in [4.69, 9.17) is 0 Å². The van der Waals surface area contributed by atoms with Gasteiger partial charge in [-0.1, -0.05) is 27.7 Å². The second kappa shape index (κ2) is 5.87. The van der Waals surface area contributed by atoms with E-state index in [1.165, 1.54) is 0 Å². The van der Waals surface area contributed by atoms with Gasteiger partial charge in [-0.3, -0.25) is 0 Å². The van der Waals surface area contributed by atoms with Gasteiger partial charge in [0.25, 0.3) is 0 Å². The average molecular weight is 228 g/mol. The van der Waals surface area contributed by atoms with Crippen molar-refractivity contribution >= 4 is 11.9 Å². The van der Waals surface area contributed by atoms with Crippen molar-refractivity contribution < 1.29 is 19.8 Å². The Bertz CT molecular complexity index is 246. The van der Waals surface area contributed by atoms with Gasteiger partial charge in [-0.2, -0.15) is 0 Å². The lowest BCUT2D eigenvalue weighted by Crippen LogP contribution is -2.47. The Kier molecular flexibility index (Phi) is 5.48. The minimum absolute atomic E-state index is 0.107. The average Bonchev–Trinajstić information content (AvgIpc) is 1.98. The summed E-state index contributed by atoms with van der Waals surface area (Å²) in [7, 11) is 0. The van der Waals surface area contributed by atoms with Crippen LogP contribution >= 0.6 is 0 Å². The first-order valence-corrected chi connectivity index (χ1v) is 5.61. The van der Waals surface area contributed by atoms with Gasteiger partial charge in [0.1, 0.15) is 0 Å². The lowest BCUT2D eigenvalue weighted by Gasteiger charge is -2.38. The van der Waals surface area contributed by atoms with Gasteiger partial charge in [-0.05, 0) is 31.1 Å². The Morgan fingerprint density at radius 3 is 1.56 bits per heavy atom. The van der Waals surface area contributed by atoms with Crippen LogP contribution in [0.15, 0.2) is 0 Å². The normalized spacial score (nSPS) is 12.1. The van der Waals surface area contributed by atoms with Gasteiger partial charge in [-0.15, -0.1) is 0 Å². The molecule has 0 aliphatic rings. The Hall–Kier alpha value is -1.06. The molecular formula is C12H20O4-2. The van der Waals surface area contributed by atoms with Gasteiger partial charge < -0.3 is 19.8 Å². The van der Waals surface area contributed by atoms with E-state index in [0.717, 1.165) is 0 Å². The van der Waals surface area contributed by atoms with Gasteiger partial charge in [0.05, 0.1) is 0 Å². The SMILES string of the molecule is CC(C)CC(CC(=O)[O-])(CC(C)C)C(=O)[O-]. The molecule has 0 saturated heterocycles. The molecule has 94 valence electrons. The van der Waals surface area contributed by atoms with Crippen LogP contribution in [0.1, 0.15) is 47.0 Å². The number of aliphatic carboxylic acids is 2. The molecule has 0 aliphatic heterocycles. The molecule has 0 aromatic carbocycles. The van der Waals surface area contributed by atoms with Gasteiger partial charge in [0, 0.05) is 17.4 Å². The van der Waals surface area contributed by atoms with Crippen LogP contribution < -0.4 is 10.2 Å². The van der Waals surface area contributed by atoms with Crippen molar-refractivity contribution in [3.05, 3.63) is 0 Å². The molecule has 16 heavy (non-hydrogen) atoms. The minimum atomic E-state index is -1.33. The number of rotatable bonds is 7. The highest BCUT2D eigenvalue weighted by atomic mass is 16.4. The second-order valence-electron chi connectivity index (χ2n) is 5.31. The summed E-state index contributed by atoms with van der Waals surface area (Å²) in [5, 5.41) is 21.9. The molecular weight excluding hydrogens is 208 g/mol. The second-order valence-corrected chi connectivity index (χ2v) is 5.31. The van der Waals surface area contributed by atoms with Crippen LogP contribution in [0.4, 0.5) is 0 Å². The van der Waals surface area contributed by atoms with Gasteiger partial charge in [0.15, 0.2) is 0 Å². The van der Waals surface area contributed by atoms with Crippen molar-refractivity contribution in [2.75, 3.05) is 0 Å². The standard InChI is InChI=1S/C12H22O4/c1-8(2)5-12(11(15)16,6-9(3)4)7-10(13)14/h8-9H,5-7H2,1-4H3,(H,13,14)(H,15,16)/p-2. The molecule has 0 N–H and O–H groups in total. The number of hydrogen-bond acceptors (Lipinski definition) is 4. The van der Waals surface area contributed by atoms with E-state index >= 15 is 0 Å². The van der Waals surface area contributed by atoms with Crippen molar-refractivity contribution in [1.29, 1.82) is 0 Å². The lowest BCUT2D eigenvalue weighted by atomic mass is 9.72. The maximum absolute atomic E-state index is 11.2. The fourth-order valence-corrected chi connectivity index (χ4v) is 2.31. The predicted molar refractivity (Wildman–Crippen MR) is 56.0 cm³/mol. The third kappa shape index (κ3) is 4.64. The van der Waals surface area contributed by atoms with Crippen LogP contribution in [0.2, 0.25) is 0 Å². The predicted octanol–water partition coefficient (Wildman–Crippen LogP) is -0.0451. The Morgan fingerprint density at radius 2 is 1.38 bits per heavy atom. The molecule has 0 aliphatic carbocycles. The number of hydrogen-bond donors (Lipinski definition) is 0. The molecule has 0 aromatic heterocycles. The van der Waals surface area contributed by atoms with Crippen LogP contribution in [0.25, 0.3) is 0 Å². The fourth-order valence-electron chi connectivity index (χ4n) is 2.31. The lowest BCUT2D eigenvalue weighted by molar-refractivity contribution is -0.330. The first-order chi connectivity index (χ1) is 7.19. The van der Waals surface area contributed by atoms with Gasteiger partial charge >= 0.3 is 0 Å². The summed E-state index contributed by atoms with van der Waals surface area (Å²) in [5.41, 5.74) is -1.29. The highest BCUT2D eigenvalue weighted by Crippen LogP contribution is 2.36. The zero-order chi connectivity index (χ0) is 12.9. The quantitative estimate of drug-likeness (QED) is 0.612. The van der Waals surface area contributed by atoms with Crippen LogP contribution in [0, 0.1) is 17.3 Å². The van der Waals surface area contributed by atoms with Gasteiger partial charge in [0.2, 0.25) is 0 Å². The van der Waals surface area contributed by atoms with Gasteiger partial charge in [-0.25, -0.2) is 0 Å². The smallest absolute Gasteiger partial charge is 0.0480 e. The molecule has 0 aromatic rings. The Balaban J connectivity index is 5.03. The highest BCUT2D eigenvalue weighted by Gasteiger charge is 2.33. The molecule has 0 bridgehead atoms. The van der Waals surface area contributed by atoms with Crippen molar-refractivity contribution in [3.63, 3.8) is 0 Å². The van der Waals surface area contributed by atoms with Crippen LogP contribution in [0.3, 0.4) is 0 Å². The maximum Gasteiger partial charge on any atom is 0.0480 e. The zero-order valence-electron chi connectivity index (χ0n) is 10.4. The summed E-state index contributed by atoms with van der Waals surface area (Å²) < 4.78 is 0. The number of carbonyl (C=O) groups is 2. The van der Waals surface area contributed by atoms with Crippen molar-refractivity contribution in [3.8, 4) is 0 Å². The monoisotopic (exact) mass is 228 g/mol. The molecule has 0 radical (unpaired) electrons. The Morgan fingerprint density at radius 1 is 1.00 bits per heavy atom. The van der Waals surface area contributed by atoms with E-state index in [2.05, 4.69) is 0 Å². The summed E-state index contributed by atoms with van der Waals surface area (Å²) in [4.78, 5) is 21.9. The summed E-state index contributed by atoms with van der Waals surface area (Å²) >= 11 is 0. The zero-order valence-corrected chi connectivity index (χ0v) is 10.4. The molecule has 0 spiro atoms. The largest absolute Gasteiger partial charge is 0.550 e. The number of carboxylic acid groups (broad SMARTS) is 2. The molecule has 0 unspecified atom stereocenters. The van der Waals surface area contributed by atoms with E-state index in [0.29, 0.717) is 12.8 Å². The molecule has 4 nitrogen and oxygen atoms in total. The maximum atomic E-state index is 11.2. The molecule has 0 amide bonds. The third-order valence-corrected chi connectivity index (χ3v) is 2.51. The van der Waals surface area contributed by atoms with Crippen LogP contribution in [0.5, 0.6) is 0 Å². The highest BCUT2D eigenvalue weighted by molar-refractivity contribution is 5.79. The van der Waals surface area contributed by atoms with Crippen LogP contribution in [-0.2, 0) is 9.59 Å².